The summed E-state index contributed by atoms with van der Waals surface area (Å²) in [6.07, 6.45) is 3.34. The first-order valence-electron chi connectivity index (χ1n) is 7.94. The molecule has 0 N–H and O–H groups in total. The fraction of sp³-hybridized carbons (Fsp3) is 0.375. The van der Waals surface area contributed by atoms with Crippen molar-refractivity contribution >= 4 is 21.7 Å². The Morgan fingerprint density at radius 2 is 2.04 bits per heavy atom. The number of carbonyl (C=O) groups is 2. The van der Waals surface area contributed by atoms with E-state index in [1.54, 1.807) is 28.9 Å². The summed E-state index contributed by atoms with van der Waals surface area (Å²) in [6, 6.07) is 6.13. The standard InChI is InChI=1S/C16H18N4O5S/c1-19(14-6-7-26(23,24)9-14)15(21)8-25-16(22)12-2-4-13(5-3-12)20-11-17-10-18-20/h2-5,10-11,14H,6-9H2,1H3/t14-/m1/s1. The molecule has 2 heterocycles. The Kier molecular flexibility index (Phi) is 5.03. The minimum absolute atomic E-state index is 0.0487. The van der Waals surface area contributed by atoms with E-state index in [-0.39, 0.29) is 17.5 Å². The van der Waals surface area contributed by atoms with Crippen LogP contribution in [0, 0.1) is 0 Å². The fourth-order valence-corrected chi connectivity index (χ4v) is 4.46. The second kappa shape index (κ2) is 7.24. The summed E-state index contributed by atoms with van der Waals surface area (Å²) >= 11 is 0. The zero-order valence-corrected chi connectivity index (χ0v) is 14.9. The number of hydrogen-bond donors (Lipinski definition) is 0. The van der Waals surface area contributed by atoms with E-state index in [1.165, 1.54) is 24.6 Å². The van der Waals surface area contributed by atoms with E-state index in [4.69, 9.17) is 4.74 Å². The first kappa shape index (κ1) is 18.1. The number of nitrogens with zero attached hydrogens (tertiary/aromatic N) is 4. The third kappa shape index (κ3) is 4.07. The van der Waals surface area contributed by atoms with Crippen molar-refractivity contribution in [3.63, 3.8) is 0 Å². The Morgan fingerprint density at radius 1 is 1.31 bits per heavy atom. The molecule has 26 heavy (non-hydrogen) atoms. The van der Waals surface area contributed by atoms with Gasteiger partial charge in [-0.2, -0.15) is 5.10 Å². The smallest absolute Gasteiger partial charge is 0.338 e. The van der Waals surface area contributed by atoms with Crippen molar-refractivity contribution in [1.29, 1.82) is 0 Å². The maximum Gasteiger partial charge on any atom is 0.338 e. The molecule has 0 unspecified atom stereocenters. The first-order chi connectivity index (χ1) is 12.4. The molecule has 1 aromatic heterocycles. The predicted molar refractivity (Wildman–Crippen MR) is 91.5 cm³/mol. The number of benzene rings is 1. The number of esters is 1. The molecule has 0 saturated carbocycles. The molecule has 1 aliphatic heterocycles. The van der Waals surface area contributed by atoms with Crippen LogP contribution in [0.3, 0.4) is 0 Å². The van der Waals surface area contributed by atoms with Crippen LogP contribution >= 0.6 is 0 Å². The molecule has 1 atom stereocenters. The minimum Gasteiger partial charge on any atom is -0.452 e. The van der Waals surface area contributed by atoms with Crippen molar-refractivity contribution in [2.75, 3.05) is 25.2 Å². The molecule has 0 aliphatic carbocycles. The summed E-state index contributed by atoms with van der Waals surface area (Å²) in [5.41, 5.74) is 1.03. The highest BCUT2D eigenvalue weighted by Crippen LogP contribution is 2.16. The van der Waals surface area contributed by atoms with Gasteiger partial charge in [-0.25, -0.2) is 22.9 Å². The van der Waals surface area contributed by atoms with E-state index < -0.39 is 28.3 Å². The van der Waals surface area contributed by atoms with Crippen LogP contribution < -0.4 is 0 Å². The molecule has 1 amide bonds. The molecule has 9 nitrogen and oxygen atoms in total. The van der Waals surface area contributed by atoms with Crippen molar-refractivity contribution in [3.05, 3.63) is 42.5 Å². The number of rotatable bonds is 5. The molecule has 0 bridgehead atoms. The van der Waals surface area contributed by atoms with Crippen LogP contribution in [0.1, 0.15) is 16.8 Å². The highest BCUT2D eigenvalue weighted by molar-refractivity contribution is 7.91. The number of carbonyl (C=O) groups excluding carboxylic acids is 2. The van der Waals surface area contributed by atoms with E-state index in [0.29, 0.717) is 12.0 Å². The largest absolute Gasteiger partial charge is 0.452 e. The van der Waals surface area contributed by atoms with Crippen LogP contribution in [-0.4, -0.2) is 71.2 Å². The van der Waals surface area contributed by atoms with Gasteiger partial charge in [0.2, 0.25) is 0 Å². The van der Waals surface area contributed by atoms with Crippen LogP contribution in [0.5, 0.6) is 0 Å². The molecular formula is C16H18N4O5S. The molecule has 2 aromatic rings. The number of hydrogen-bond acceptors (Lipinski definition) is 7. The molecule has 10 heteroatoms. The van der Waals surface area contributed by atoms with Gasteiger partial charge in [0.15, 0.2) is 16.4 Å². The summed E-state index contributed by atoms with van der Waals surface area (Å²) in [5.74, 6) is -1.03. The third-order valence-electron chi connectivity index (χ3n) is 4.26. The maximum absolute atomic E-state index is 12.1. The lowest BCUT2D eigenvalue weighted by molar-refractivity contribution is -0.134. The summed E-state index contributed by atoms with van der Waals surface area (Å²) in [5, 5.41) is 3.98. The lowest BCUT2D eigenvalue weighted by Crippen LogP contribution is -2.40. The van der Waals surface area contributed by atoms with Crippen LogP contribution in [0.4, 0.5) is 0 Å². The van der Waals surface area contributed by atoms with Gasteiger partial charge in [0.1, 0.15) is 12.7 Å². The summed E-state index contributed by atoms with van der Waals surface area (Å²) < 4.78 is 29.6. The SMILES string of the molecule is CN(C(=O)COC(=O)c1ccc(-n2cncn2)cc1)[C@@H]1CCS(=O)(=O)C1. The van der Waals surface area contributed by atoms with Gasteiger partial charge in [-0.05, 0) is 30.7 Å². The molecule has 1 aliphatic rings. The number of amides is 1. The van der Waals surface area contributed by atoms with Gasteiger partial charge in [-0.15, -0.1) is 0 Å². The molecule has 1 aromatic carbocycles. The average Bonchev–Trinajstić information content (AvgIpc) is 3.28. The van der Waals surface area contributed by atoms with Crippen LogP contribution in [0.25, 0.3) is 5.69 Å². The summed E-state index contributed by atoms with van der Waals surface area (Å²) in [7, 11) is -1.56. The zero-order valence-electron chi connectivity index (χ0n) is 14.1. The Balaban J connectivity index is 1.54. The summed E-state index contributed by atoms with van der Waals surface area (Å²) in [6.45, 7) is -0.434. The molecule has 3 rings (SSSR count). The highest BCUT2D eigenvalue weighted by atomic mass is 32.2. The fourth-order valence-electron chi connectivity index (χ4n) is 2.69. The van der Waals surface area contributed by atoms with Crippen LogP contribution in [0.15, 0.2) is 36.9 Å². The van der Waals surface area contributed by atoms with E-state index >= 15 is 0 Å². The molecule has 1 fully saturated rings. The van der Waals surface area contributed by atoms with Crippen molar-refractivity contribution < 1.29 is 22.7 Å². The van der Waals surface area contributed by atoms with Gasteiger partial charge in [0.05, 0.1) is 22.8 Å². The lowest BCUT2D eigenvalue weighted by Gasteiger charge is -2.23. The van der Waals surface area contributed by atoms with Gasteiger partial charge in [-0.1, -0.05) is 0 Å². The monoisotopic (exact) mass is 378 g/mol. The van der Waals surface area contributed by atoms with Crippen molar-refractivity contribution in [2.45, 2.75) is 12.5 Å². The number of likely N-dealkylation sites (N-methyl/N-ethyl adjacent to an activating group) is 1. The molecule has 1 saturated heterocycles. The first-order valence-corrected chi connectivity index (χ1v) is 9.76. The third-order valence-corrected chi connectivity index (χ3v) is 6.01. The Morgan fingerprint density at radius 3 is 2.62 bits per heavy atom. The van der Waals surface area contributed by atoms with Crippen molar-refractivity contribution in [1.82, 2.24) is 19.7 Å². The number of aromatic nitrogens is 3. The minimum atomic E-state index is -3.08. The van der Waals surface area contributed by atoms with E-state index in [0.717, 1.165) is 5.69 Å². The molecule has 138 valence electrons. The van der Waals surface area contributed by atoms with Gasteiger partial charge in [0.25, 0.3) is 5.91 Å². The zero-order chi connectivity index (χ0) is 18.7. The van der Waals surface area contributed by atoms with Crippen LogP contribution in [-0.2, 0) is 19.4 Å². The van der Waals surface area contributed by atoms with Crippen molar-refractivity contribution in [2.24, 2.45) is 0 Å². The van der Waals surface area contributed by atoms with Gasteiger partial charge >= 0.3 is 5.97 Å². The predicted octanol–water partition coefficient (Wildman–Crippen LogP) is 0.0696. The second-order valence-corrected chi connectivity index (χ2v) is 8.25. The Hall–Kier alpha value is -2.75. The van der Waals surface area contributed by atoms with E-state index in [2.05, 4.69) is 10.1 Å². The molecule has 0 spiro atoms. The number of ether oxygens (including phenoxy) is 1. The normalized spacial score (nSPS) is 18.4. The van der Waals surface area contributed by atoms with Gasteiger partial charge in [-0.3, -0.25) is 4.79 Å². The lowest BCUT2D eigenvalue weighted by atomic mass is 10.2. The van der Waals surface area contributed by atoms with Crippen molar-refractivity contribution in [3.8, 4) is 5.69 Å². The summed E-state index contributed by atoms with van der Waals surface area (Å²) in [4.78, 5) is 29.4. The Labute approximate surface area is 150 Å². The highest BCUT2D eigenvalue weighted by Gasteiger charge is 2.32. The quantitative estimate of drug-likeness (QED) is 0.677. The van der Waals surface area contributed by atoms with E-state index in [1.807, 2.05) is 0 Å². The average molecular weight is 378 g/mol. The second-order valence-electron chi connectivity index (χ2n) is 6.02. The Bertz CT molecular complexity index is 893. The maximum atomic E-state index is 12.1. The van der Waals surface area contributed by atoms with Gasteiger partial charge in [0, 0.05) is 13.1 Å². The number of sulfone groups is 1. The molecular weight excluding hydrogens is 360 g/mol. The van der Waals surface area contributed by atoms with E-state index in [9.17, 15) is 18.0 Å². The van der Waals surface area contributed by atoms with Crippen LogP contribution in [0.2, 0.25) is 0 Å². The molecule has 0 radical (unpaired) electrons. The topological polar surface area (TPSA) is 111 Å². The van der Waals surface area contributed by atoms with Gasteiger partial charge < -0.3 is 9.64 Å².